The van der Waals surface area contributed by atoms with Gasteiger partial charge in [0, 0.05) is 25.2 Å². The van der Waals surface area contributed by atoms with Gasteiger partial charge in [-0.1, -0.05) is 6.07 Å². The van der Waals surface area contributed by atoms with Gasteiger partial charge in [0.1, 0.15) is 0 Å². The van der Waals surface area contributed by atoms with Crippen molar-refractivity contribution in [3.05, 3.63) is 47.8 Å². The molecule has 0 spiro atoms. The lowest BCUT2D eigenvalue weighted by Crippen LogP contribution is -2.46. The van der Waals surface area contributed by atoms with Crippen molar-refractivity contribution < 1.29 is 19.4 Å². The Morgan fingerprint density at radius 3 is 2.92 bits per heavy atom. The largest absolute Gasteiger partial charge is 0.454 e. The second-order valence-corrected chi connectivity index (χ2v) is 5.94. The Kier molecular flexibility index (Phi) is 3.78. The number of carbonyl (C=O) groups excluding carboxylic acids is 1. The molecule has 2 aromatic rings. The van der Waals surface area contributed by atoms with E-state index in [-0.39, 0.29) is 25.2 Å². The third kappa shape index (κ3) is 2.67. The molecule has 1 fully saturated rings. The molecule has 0 radical (unpaired) electrons. The van der Waals surface area contributed by atoms with E-state index in [1.807, 2.05) is 18.2 Å². The number of aliphatic hydroxyl groups is 1. The lowest BCUT2D eigenvalue weighted by molar-refractivity contribution is 0.0376. The Hall–Kier alpha value is -2.67. The highest BCUT2D eigenvalue weighted by atomic mass is 16.7. The molecule has 1 saturated heterocycles. The second-order valence-electron chi connectivity index (χ2n) is 5.94. The molecule has 24 heavy (non-hydrogen) atoms. The minimum atomic E-state index is -0.639. The number of benzene rings is 1. The van der Waals surface area contributed by atoms with Gasteiger partial charge < -0.3 is 19.5 Å². The van der Waals surface area contributed by atoms with Crippen molar-refractivity contribution in [3.8, 4) is 11.5 Å². The van der Waals surface area contributed by atoms with E-state index in [1.54, 1.807) is 17.0 Å². The van der Waals surface area contributed by atoms with Crippen LogP contribution < -0.4 is 9.47 Å². The van der Waals surface area contributed by atoms with Crippen LogP contribution in [-0.2, 0) is 0 Å². The number of amides is 1. The summed E-state index contributed by atoms with van der Waals surface area (Å²) in [5.41, 5.74) is 1.30. The van der Waals surface area contributed by atoms with Crippen LogP contribution in [0, 0.1) is 0 Å². The number of piperidine rings is 1. The molecule has 124 valence electrons. The summed E-state index contributed by atoms with van der Waals surface area (Å²) in [7, 11) is 0. The smallest absolute Gasteiger partial charge is 0.274 e. The van der Waals surface area contributed by atoms with E-state index in [9.17, 15) is 9.90 Å². The number of ether oxygens (including phenoxy) is 2. The highest BCUT2D eigenvalue weighted by Gasteiger charge is 2.32. The first-order valence-corrected chi connectivity index (χ1v) is 7.87. The van der Waals surface area contributed by atoms with Gasteiger partial charge in [-0.05, 0) is 36.2 Å². The van der Waals surface area contributed by atoms with Crippen LogP contribution in [0.2, 0.25) is 0 Å². The highest BCUT2D eigenvalue weighted by Crippen LogP contribution is 2.37. The molecule has 1 N–H and O–H groups in total. The summed E-state index contributed by atoms with van der Waals surface area (Å²) in [5, 5.41) is 18.1. The van der Waals surface area contributed by atoms with Crippen molar-refractivity contribution >= 4 is 5.91 Å². The molecule has 4 rings (SSSR count). The van der Waals surface area contributed by atoms with Crippen LogP contribution in [0.25, 0.3) is 0 Å². The summed E-state index contributed by atoms with van der Waals surface area (Å²) < 4.78 is 10.7. The summed E-state index contributed by atoms with van der Waals surface area (Å²) in [6.45, 7) is 1.06. The topological polar surface area (TPSA) is 84.8 Å². The van der Waals surface area contributed by atoms with Crippen molar-refractivity contribution in [3.63, 3.8) is 0 Å². The molecule has 0 aliphatic carbocycles. The van der Waals surface area contributed by atoms with Gasteiger partial charge in [0.05, 0.1) is 6.10 Å². The fourth-order valence-corrected chi connectivity index (χ4v) is 3.23. The molecule has 2 aliphatic rings. The third-order valence-electron chi connectivity index (χ3n) is 4.49. The predicted molar refractivity (Wildman–Crippen MR) is 83.9 cm³/mol. The maximum absolute atomic E-state index is 12.4. The summed E-state index contributed by atoms with van der Waals surface area (Å²) in [6, 6.07) is 9.03. The number of carbonyl (C=O) groups is 1. The van der Waals surface area contributed by atoms with Crippen molar-refractivity contribution in [1.29, 1.82) is 0 Å². The molecule has 1 aromatic heterocycles. The van der Waals surface area contributed by atoms with Gasteiger partial charge in [0.15, 0.2) is 17.2 Å². The van der Waals surface area contributed by atoms with E-state index in [4.69, 9.17) is 9.47 Å². The fraction of sp³-hybridized carbons (Fsp3) is 0.353. The minimum Gasteiger partial charge on any atom is -0.454 e. The summed E-state index contributed by atoms with van der Waals surface area (Å²) in [6.07, 6.45) is 1.56. The molecule has 0 unspecified atom stereocenters. The standard InChI is InChI=1S/C17H17N3O4/c21-14-9-20(17(22)13-2-1-6-18-19-13)7-5-12(14)11-3-4-15-16(8-11)24-10-23-15/h1-4,6,8,12,14,21H,5,7,9-10H2/t12-,14+/m0/s1. The van der Waals surface area contributed by atoms with Gasteiger partial charge >= 0.3 is 0 Å². The van der Waals surface area contributed by atoms with Crippen LogP contribution in [0.4, 0.5) is 0 Å². The van der Waals surface area contributed by atoms with E-state index in [2.05, 4.69) is 10.2 Å². The Labute approximate surface area is 138 Å². The SMILES string of the molecule is O=C(c1cccnn1)N1CC[C@@H](c2ccc3c(c2)OCO3)[C@H](O)C1. The van der Waals surface area contributed by atoms with Crippen LogP contribution in [0.1, 0.15) is 28.4 Å². The van der Waals surface area contributed by atoms with E-state index >= 15 is 0 Å². The zero-order chi connectivity index (χ0) is 16.5. The first-order valence-electron chi connectivity index (χ1n) is 7.87. The van der Waals surface area contributed by atoms with Crippen LogP contribution in [0.5, 0.6) is 11.5 Å². The second kappa shape index (κ2) is 6.09. The Morgan fingerprint density at radius 2 is 2.12 bits per heavy atom. The Morgan fingerprint density at radius 1 is 1.25 bits per heavy atom. The van der Waals surface area contributed by atoms with Crippen molar-refractivity contribution in [2.45, 2.75) is 18.4 Å². The van der Waals surface area contributed by atoms with Crippen molar-refractivity contribution in [2.75, 3.05) is 19.9 Å². The van der Waals surface area contributed by atoms with Crippen LogP contribution >= 0.6 is 0 Å². The molecule has 1 aromatic carbocycles. The monoisotopic (exact) mass is 327 g/mol. The number of rotatable bonds is 2. The van der Waals surface area contributed by atoms with Crippen LogP contribution in [0.15, 0.2) is 36.5 Å². The van der Waals surface area contributed by atoms with Gasteiger partial charge in [0.25, 0.3) is 5.91 Å². The molecule has 7 nitrogen and oxygen atoms in total. The highest BCUT2D eigenvalue weighted by molar-refractivity contribution is 5.92. The summed E-state index contributed by atoms with van der Waals surface area (Å²) >= 11 is 0. The number of aliphatic hydroxyl groups excluding tert-OH is 1. The molecular formula is C17H17N3O4. The zero-order valence-electron chi connectivity index (χ0n) is 13.0. The van der Waals surface area contributed by atoms with Crippen molar-refractivity contribution in [2.24, 2.45) is 0 Å². The number of β-amino-alcohol motifs (C(OH)–C–C–N with tert-alkyl or cyclic N) is 1. The van der Waals surface area contributed by atoms with Gasteiger partial charge in [-0.3, -0.25) is 4.79 Å². The van der Waals surface area contributed by atoms with Gasteiger partial charge in [-0.2, -0.15) is 5.10 Å². The Bertz CT molecular complexity index is 753. The van der Waals surface area contributed by atoms with Gasteiger partial charge in [-0.25, -0.2) is 0 Å². The summed E-state index contributed by atoms with van der Waals surface area (Å²) in [5.74, 6) is 1.19. The van der Waals surface area contributed by atoms with Crippen LogP contribution in [0.3, 0.4) is 0 Å². The average molecular weight is 327 g/mol. The molecular weight excluding hydrogens is 310 g/mol. The first-order chi connectivity index (χ1) is 11.7. The number of hydrogen-bond donors (Lipinski definition) is 1. The maximum Gasteiger partial charge on any atom is 0.274 e. The molecule has 0 saturated carbocycles. The van der Waals surface area contributed by atoms with E-state index < -0.39 is 6.10 Å². The quantitative estimate of drug-likeness (QED) is 0.892. The number of hydrogen-bond acceptors (Lipinski definition) is 6. The van der Waals surface area contributed by atoms with Crippen molar-refractivity contribution in [1.82, 2.24) is 15.1 Å². The third-order valence-corrected chi connectivity index (χ3v) is 4.49. The van der Waals surface area contributed by atoms with E-state index in [1.165, 1.54) is 6.20 Å². The lowest BCUT2D eigenvalue weighted by Gasteiger charge is -2.36. The molecule has 7 heteroatoms. The Balaban J connectivity index is 1.48. The minimum absolute atomic E-state index is 0.0367. The zero-order valence-corrected chi connectivity index (χ0v) is 13.0. The van der Waals surface area contributed by atoms with E-state index in [0.717, 1.165) is 11.3 Å². The fourth-order valence-electron chi connectivity index (χ4n) is 3.23. The van der Waals surface area contributed by atoms with E-state index in [0.29, 0.717) is 24.4 Å². The number of nitrogens with zero attached hydrogens (tertiary/aromatic N) is 3. The molecule has 2 aliphatic heterocycles. The van der Waals surface area contributed by atoms with Gasteiger partial charge in [-0.15, -0.1) is 5.10 Å². The number of likely N-dealkylation sites (tertiary alicyclic amines) is 1. The van der Waals surface area contributed by atoms with Gasteiger partial charge in [0.2, 0.25) is 6.79 Å². The molecule has 2 atom stereocenters. The first kappa shape index (κ1) is 14.9. The normalized spacial score (nSPS) is 22.5. The molecule has 1 amide bonds. The predicted octanol–water partition coefficient (Wildman–Crippen LogP) is 1.20. The number of aromatic nitrogens is 2. The lowest BCUT2D eigenvalue weighted by atomic mass is 9.87. The average Bonchev–Trinajstić information content (AvgIpc) is 3.09. The molecule has 0 bridgehead atoms. The maximum atomic E-state index is 12.4. The molecule has 3 heterocycles. The van der Waals surface area contributed by atoms with Crippen LogP contribution in [-0.4, -0.2) is 52.1 Å². The number of fused-ring (bicyclic) bond motifs is 1. The summed E-state index contributed by atoms with van der Waals surface area (Å²) in [4.78, 5) is 14.0.